The topological polar surface area (TPSA) is 61.8 Å². The van der Waals surface area contributed by atoms with Gasteiger partial charge in [-0.05, 0) is 37.7 Å². The Hall–Kier alpha value is -1.36. The summed E-state index contributed by atoms with van der Waals surface area (Å²) in [5.41, 5.74) is -1.29. The molecule has 2 saturated carbocycles. The number of ketones is 1. The fraction of sp³-hybridized carbons (Fsp3) is 0.818. The predicted molar refractivity (Wildman–Crippen MR) is 99.8 cm³/mol. The third-order valence-corrected chi connectivity index (χ3v) is 8.39. The molecule has 0 radical (unpaired) electrons. The van der Waals surface area contributed by atoms with Crippen molar-refractivity contribution in [1.29, 1.82) is 0 Å². The van der Waals surface area contributed by atoms with Crippen LogP contribution in [0.5, 0.6) is 0 Å². The minimum absolute atomic E-state index is 0.119. The summed E-state index contributed by atoms with van der Waals surface area (Å²) >= 11 is 0. The summed E-state index contributed by atoms with van der Waals surface area (Å²) < 4.78 is 18.0. The van der Waals surface area contributed by atoms with Crippen LogP contribution >= 0.6 is 0 Å². The Labute approximate surface area is 161 Å². The van der Waals surface area contributed by atoms with Crippen molar-refractivity contribution < 1.29 is 23.8 Å². The maximum absolute atomic E-state index is 13.1. The number of hydrogen-bond donors (Lipinski definition) is 0. The third-order valence-electron chi connectivity index (χ3n) is 8.39. The quantitative estimate of drug-likeness (QED) is 0.652. The average molecular weight is 376 g/mol. The molecule has 2 aliphatic heterocycles. The van der Waals surface area contributed by atoms with Gasteiger partial charge in [0.2, 0.25) is 0 Å². The normalized spacial score (nSPS) is 47.9. The summed E-state index contributed by atoms with van der Waals surface area (Å²) in [7, 11) is 0. The molecule has 6 atom stereocenters. The molecule has 0 unspecified atom stereocenters. The summed E-state index contributed by atoms with van der Waals surface area (Å²) in [4.78, 5) is 24.8. The van der Waals surface area contributed by atoms with E-state index in [1.54, 1.807) is 6.26 Å². The molecule has 3 fully saturated rings. The van der Waals surface area contributed by atoms with Crippen LogP contribution in [0.3, 0.4) is 0 Å². The lowest BCUT2D eigenvalue weighted by atomic mass is 9.43. The van der Waals surface area contributed by atoms with Crippen LogP contribution in [-0.2, 0) is 23.8 Å². The van der Waals surface area contributed by atoms with Gasteiger partial charge in [-0.15, -0.1) is 0 Å². The van der Waals surface area contributed by atoms with E-state index in [-0.39, 0.29) is 40.5 Å². The fourth-order valence-corrected chi connectivity index (χ4v) is 6.76. The second-order valence-corrected chi connectivity index (χ2v) is 9.99. The molecular weight excluding hydrogens is 344 g/mol. The van der Waals surface area contributed by atoms with E-state index >= 15 is 0 Å². The summed E-state index contributed by atoms with van der Waals surface area (Å²) in [6, 6.07) is 0. The minimum atomic E-state index is -0.483. The fourth-order valence-electron chi connectivity index (χ4n) is 6.76. The number of fused-ring (bicyclic) bond motifs is 2. The number of Topliss-reactive ketones (excluding diaryl/α,β-unsaturated/α-hetero) is 1. The molecule has 4 aliphatic rings. The first kappa shape index (κ1) is 19.0. The van der Waals surface area contributed by atoms with Crippen molar-refractivity contribution in [2.75, 3.05) is 6.61 Å². The molecule has 150 valence electrons. The maximum atomic E-state index is 13.1. The van der Waals surface area contributed by atoms with Gasteiger partial charge in [0, 0.05) is 30.1 Å². The molecule has 0 bridgehead atoms. The van der Waals surface area contributed by atoms with Crippen molar-refractivity contribution in [1.82, 2.24) is 0 Å². The molecular formula is C22H32O5. The first-order chi connectivity index (χ1) is 12.6. The smallest absolute Gasteiger partial charge is 0.302 e. The van der Waals surface area contributed by atoms with Crippen LogP contribution in [0, 0.1) is 22.7 Å². The standard InChI is InChI=1S/C22H32O5/c1-14-16(24)12-17-19(3,4)18(26-15(2)23)6-7-20(17,5)22(14)9-8-21(27-22)10-11-25-13-21/h10-11,14,17-18H,6-9,12-13H2,1-5H3/t14-,17-,18+,20-,21+,22-/m0/s1. The molecule has 0 aromatic rings. The van der Waals surface area contributed by atoms with Gasteiger partial charge in [-0.25, -0.2) is 0 Å². The van der Waals surface area contributed by atoms with Gasteiger partial charge in [-0.2, -0.15) is 0 Å². The summed E-state index contributed by atoms with van der Waals surface area (Å²) in [6.07, 6.45) is 7.61. The Balaban J connectivity index is 1.75. The molecule has 0 aromatic carbocycles. The van der Waals surface area contributed by atoms with Crippen LogP contribution in [0.1, 0.15) is 66.7 Å². The van der Waals surface area contributed by atoms with E-state index in [0.29, 0.717) is 13.0 Å². The number of esters is 1. The highest BCUT2D eigenvalue weighted by atomic mass is 16.6. The summed E-state index contributed by atoms with van der Waals surface area (Å²) in [5, 5.41) is 0. The number of carbonyl (C=O) groups is 2. The van der Waals surface area contributed by atoms with E-state index < -0.39 is 11.2 Å². The molecule has 4 rings (SSSR count). The highest BCUT2D eigenvalue weighted by Crippen LogP contribution is 2.67. The van der Waals surface area contributed by atoms with Crippen LogP contribution in [-0.4, -0.2) is 35.7 Å². The van der Waals surface area contributed by atoms with E-state index in [1.807, 2.05) is 13.0 Å². The van der Waals surface area contributed by atoms with Gasteiger partial charge in [0.15, 0.2) is 0 Å². The van der Waals surface area contributed by atoms with Crippen LogP contribution in [0.15, 0.2) is 12.3 Å². The summed E-state index contributed by atoms with van der Waals surface area (Å²) in [5.74, 6) is 0.0154. The molecule has 2 spiro atoms. The van der Waals surface area contributed by atoms with Gasteiger partial charge in [-0.1, -0.05) is 27.7 Å². The molecule has 5 nitrogen and oxygen atoms in total. The van der Waals surface area contributed by atoms with E-state index in [1.165, 1.54) is 6.92 Å². The number of ether oxygens (including phenoxy) is 3. The lowest BCUT2D eigenvalue weighted by Crippen LogP contribution is -2.67. The average Bonchev–Trinajstić information content (AvgIpc) is 3.21. The second-order valence-electron chi connectivity index (χ2n) is 9.99. The first-order valence-corrected chi connectivity index (χ1v) is 10.3. The highest BCUT2D eigenvalue weighted by molar-refractivity contribution is 5.84. The molecule has 2 heterocycles. The zero-order valence-electron chi connectivity index (χ0n) is 17.2. The predicted octanol–water partition coefficient (Wildman–Crippen LogP) is 3.80. The van der Waals surface area contributed by atoms with Gasteiger partial charge < -0.3 is 14.2 Å². The van der Waals surface area contributed by atoms with Gasteiger partial charge in [0.25, 0.3) is 0 Å². The third kappa shape index (κ3) is 2.46. The number of carbonyl (C=O) groups excluding carboxylic acids is 2. The van der Waals surface area contributed by atoms with Crippen LogP contribution in [0.2, 0.25) is 0 Å². The Morgan fingerprint density at radius 3 is 2.59 bits per heavy atom. The maximum Gasteiger partial charge on any atom is 0.302 e. The van der Waals surface area contributed by atoms with Gasteiger partial charge in [0.1, 0.15) is 24.1 Å². The van der Waals surface area contributed by atoms with E-state index in [0.717, 1.165) is 25.7 Å². The molecule has 0 aromatic heterocycles. The lowest BCUT2D eigenvalue weighted by molar-refractivity contribution is -0.249. The monoisotopic (exact) mass is 376 g/mol. The molecule has 27 heavy (non-hydrogen) atoms. The zero-order chi connectivity index (χ0) is 19.7. The number of rotatable bonds is 1. The van der Waals surface area contributed by atoms with Crippen molar-refractivity contribution >= 4 is 11.8 Å². The second kappa shape index (κ2) is 5.82. The SMILES string of the molecule is CC(=O)O[C@@H]1CC[C@@]2(C)[C@@H](CC(=O)[C@H](C)[C@@]23CC[C@]2(C=COC2)O3)C1(C)C. The Bertz CT molecular complexity index is 697. The first-order valence-electron chi connectivity index (χ1n) is 10.3. The molecule has 5 heteroatoms. The minimum Gasteiger partial charge on any atom is -0.498 e. The van der Waals surface area contributed by atoms with Gasteiger partial charge in [-0.3, -0.25) is 9.59 Å². The molecule has 0 N–H and O–H groups in total. The van der Waals surface area contributed by atoms with E-state index in [2.05, 4.69) is 20.8 Å². The van der Waals surface area contributed by atoms with Crippen molar-refractivity contribution in [2.24, 2.45) is 22.7 Å². The Kier molecular flexibility index (Phi) is 4.09. The Morgan fingerprint density at radius 2 is 1.96 bits per heavy atom. The van der Waals surface area contributed by atoms with Crippen molar-refractivity contribution in [3.63, 3.8) is 0 Å². The molecule has 1 saturated heterocycles. The largest absolute Gasteiger partial charge is 0.498 e. The summed E-state index contributed by atoms with van der Waals surface area (Å²) in [6.45, 7) is 10.7. The van der Waals surface area contributed by atoms with Crippen LogP contribution < -0.4 is 0 Å². The van der Waals surface area contributed by atoms with Crippen LogP contribution in [0.25, 0.3) is 0 Å². The lowest BCUT2D eigenvalue weighted by Gasteiger charge is -2.64. The van der Waals surface area contributed by atoms with Crippen molar-refractivity contribution in [2.45, 2.75) is 84.0 Å². The number of hydrogen-bond acceptors (Lipinski definition) is 5. The zero-order valence-corrected chi connectivity index (χ0v) is 17.2. The van der Waals surface area contributed by atoms with E-state index in [4.69, 9.17) is 14.2 Å². The van der Waals surface area contributed by atoms with Crippen molar-refractivity contribution in [3.05, 3.63) is 12.3 Å². The van der Waals surface area contributed by atoms with Gasteiger partial charge in [0.05, 0.1) is 11.9 Å². The van der Waals surface area contributed by atoms with Gasteiger partial charge >= 0.3 is 5.97 Å². The molecule has 2 aliphatic carbocycles. The Morgan fingerprint density at radius 1 is 1.22 bits per heavy atom. The van der Waals surface area contributed by atoms with Crippen molar-refractivity contribution in [3.8, 4) is 0 Å². The van der Waals surface area contributed by atoms with E-state index in [9.17, 15) is 9.59 Å². The van der Waals surface area contributed by atoms with Crippen LogP contribution in [0.4, 0.5) is 0 Å². The highest BCUT2D eigenvalue weighted by Gasteiger charge is 2.70. The molecule has 0 amide bonds.